The van der Waals surface area contributed by atoms with Crippen molar-refractivity contribution in [1.82, 2.24) is 9.97 Å². The van der Waals surface area contributed by atoms with E-state index in [1.807, 2.05) is 36.4 Å². The number of rotatable bonds is 7. The van der Waals surface area contributed by atoms with Crippen LogP contribution in [0, 0.1) is 0 Å². The van der Waals surface area contributed by atoms with E-state index < -0.39 is 11.9 Å². The summed E-state index contributed by atoms with van der Waals surface area (Å²) in [6.45, 7) is 0. The predicted molar refractivity (Wildman–Crippen MR) is 165 cm³/mol. The summed E-state index contributed by atoms with van der Waals surface area (Å²) >= 11 is 2.34. The van der Waals surface area contributed by atoms with Gasteiger partial charge in [-0.15, -0.1) is 22.7 Å². The molecule has 0 fully saturated rings. The quantitative estimate of drug-likeness (QED) is 0.142. The van der Waals surface area contributed by atoms with E-state index in [0.29, 0.717) is 31.9 Å². The Labute approximate surface area is 246 Å². The van der Waals surface area contributed by atoms with Crippen LogP contribution in [0.1, 0.15) is 22.5 Å². The number of carboxylic acid groups (broad SMARTS) is 2. The molecule has 0 saturated carbocycles. The Balaban J connectivity index is 1.38. The van der Waals surface area contributed by atoms with Crippen LogP contribution in [-0.2, 0) is 9.59 Å². The number of carbonyl (C=O) groups is 2. The number of carboxylic acids is 2. The molecule has 0 aliphatic heterocycles. The van der Waals surface area contributed by atoms with Crippen LogP contribution in [0.25, 0.3) is 54.9 Å². The summed E-state index contributed by atoms with van der Waals surface area (Å²) in [7, 11) is 0. The zero-order chi connectivity index (χ0) is 29.4. The molecule has 4 N–H and O–H groups in total. The fourth-order valence-corrected chi connectivity index (χ4v) is 6.33. The lowest BCUT2D eigenvalue weighted by molar-refractivity contribution is -0.131. The monoisotopic (exact) mass is 592 g/mol. The van der Waals surface area contributed by atoms with Crippen LogP contribution in [0.2, 0.25) is 0 Å². The van der Waals surface area contributed by atoms with E-state index in [9.17, 15) is 30.0 Å². The number of aliphatic carboxylic acids is 2. The Morgan fingerprint density at radius 2 is 1.00 bits per heavy atom. The normalized spacial score (nSPS) is 12.2. The van der Waals surface area contributed by atoms with E-state index in [2.05, 4.69) is 9.97 Å². The molecule has 0 aliphatic rings. The molecule has 0 radical (unpaired) electrons. The van der Waals surface area contributed by atoms with E-state index in [1.54, 1.807) is 35.0 Å². The number of phenolic OH excluding ortho intramolecular Hbond substituents is 2. The van der Waals surface area contributed by atoms with Crippen molar-refractivity contribution in [3.8, 4) is 21.5 Å². The van der Waals surface area contributed by atoms with Gasteiger partial charge >= 0.3 is 11.9 Å². The first kappa shape index (κ1) is 26.9. The van der Waals surface area contributed by atoms with Crippen molar-refractivity contribution >= 4 is 79.5 Å². The van der Waals surface area contributed by atoms with Gasteiger partial charge in [-0.05, 0) is 45.8 Å². The molecule has 2 aromatic heterocycles. The number of nitrogens with zero attached hydrogens (tertiary/aromatic N) is 2. The number of hydrogen-bond acceptors (Lipinski definition) is 8. The maximum Gasteiger partial charge on any atom is 0.337 e. The zero-order valence-corrected chi connectivity index (χ0v) is 23.2. The molecule has 6 aromatic rings. The minimum Gasteiger partial charge on any atom is -0.507 e. The minimum atomic E-state index is -1.22. The Kier molecular flexibility index (Phi) is 6.99. The average Bonchev–Trinajstić information content (AvgIpc) is 3.66. The second-order valence-corrected chi connectivity index (χ2v) is 11.0. The lowest BCUT2D eigenvalue weighted by atomic mass is 10.0. The highest BCUT2D eigenvalue weighted by molar-refractivity contribution is 7.19. The van der Waals surface area contributed by atoms with Gasteiger partial charge in [0.1, 0.15) is 11.5 Å². The van der Waals surface area contributed by atoms with Gasteiger partial charge in [0.15, 0.2) is 10.0 Å². The molecule has 6 rings (SSSR count). The molecule has 0 atom stereocenters. The van der Waals surface area contributed by atoms with Gasteiger partial charge in [-0.25, -0.2) is 19.6 Å². The molecular weight excluding hydrogens is 572 g/mol. The summed E-state index contributed by atoms with van der Waals surface area (Å²) in [6.07, 6.45) is 2.79. The van der Waals surface area contributed by atoms with E-state index in [0.717, 1.165) is 10.8 Å². The first-order valence-electron chi connectivity index (χ1n) is 12.5. The Morgan fingerprint density at radius 1 is 0.595 bits per heavy atom. The van der Waals surface area contributed by atoms with Gasteiger partial charge in [0, 0.05) is 21.9 Å². The van der Waals surface area contributed by atoms with Crippen molar-refractivity contribution < 1.29 is 30.0 Å². The van der Waals surface area contributed by atoms with Crippen LogP contribution >= 0.6 is 22.7 Å². The molecule has 42 heavy (non-hydrogen) atoms. The van der Waals surface area contributed by atoms with Gasteiger partial charge in [-0.2, -0.15) is 0 Å². The van der Waals surface area contributed by atoms with Crippen LogP contribution < -0.4 is 0 Å². The summed E-state index contributed by atoms with van der Waals surface area (Å²) in [4.78, 5) is 33.5. The number of hydrogen-bond donors (Lipinski definition) is 4. The third-order valence-corrected chi connectivity index (χ3v) is 8.50. The number of fused-ring (bicyclic) bond motifs is 2. The van der Waals surface area contributed by atoms with Gasteiger partial charge < -0.3 is 20.4 Å². The van der Waals surface area contributed by atoms with Gasteiger partial charge in [0.25, 0.3) is 0 Å². The van der Waals surface area contributed by atoms with Crippen LogP contribution in [-0.4, -0.2) is 42.3 Å². The topological polar surface area (TPSA) is 141 Å². The van der Waals surface area contributed by atoms with Gasteiger partial charge in [0.2, 0.25) is 0 Å². The third-order valence-electron chi connectivity index (χ3n) is 6.68. The van der Waals surface area contributed by atoms with Gasteiger partial charge in [-0.1, -0.05) is 60.7 Å². The number of phenols is 2. The zero-order valence-electron chi connectivity index (χ0n) is 21.6. The summed E-state index contributed by atoms with van der Waals surface area (Å²) in [5.74, 6) is -2.55. The second-order valence-electron chi connectivity index (χ2n) is 9.24. The summed E-state index contributed by atoms with van der Waals surface area (Å²) in [6, 6.07) is 21.2. The Morgan fingerprint density at radius 3 is 1.40 bits per heavy atom. The van der Waals surface area contributed by atoms with Crippen LogP contribution in [0.4, 0.5) is 0 Å². The SMILES string of the molecule is O=C(O)C(=Cc1c(O)ccc2ccccc12)c1csc(-c2nc(C(=Cc3c(O)ccc4ccccc34)C(=O)O)cs2)n1. The highest BCUT2D eigenvalue weighted by Crippen LogP contribution is 2.36. The molecule has 206 valence electrons. The number of thiazole rings is 2. The highest BCUT2D eigenvalue weighted by Gasteiger charge is 2.21. The summed E-state index contributed by atoms with van der Waals surface area (Å²) in [5.41, 5.74) is 0.869. The lowest BCUT2D eigenvalue weighted by Crippen LogP contribution is -2.01. The first-order chi connectivity index (χ1) is 20.3. The maximum atomic E-state index is 12.3. The van der Waals surface area contributed by atoms with E-state index in [-0.39, 0.29) is 34.0 Å². The van der Waals surface area contributed by atoms with Crippen molar-refractivity contribution in [2.45, 2.75) is 0 Å². The van der Waals surface area contributed by atoms with Gasteiger partial charge in [0.05, 0.1) is 22.5 Å². The van der Waals surface area contributed by atoms with Crippen molar-refractivity contribution in [3.05, 3.63) is 106 Å². The molecule has 4 aromatic carbocycles. The van der Waals surface area contributed by atoms with Crippen LogP contribution in [0.5, 0.6) is 11.5 Å². The molecule has 0 unspecified atom stereocenters. The Hall–Kier alpha value is -5.32. The Bertz CT molecular complexity index is 1940. The molecule has 0 spiro atoms. The van der Waals surface area contributed by atoms with Crippen molar-refractivity contribution in [1.29, 1.82) is 0 Å². The molecule has 2 heterocycles. The van der Waals surface area contributed by atoms with Crippen molar-refractivity contribution in [3.63, 3.8) is 0 Å². The fraction of sp³-hybridized carbons (Fsp3) is 0. The summed E-state index contributed by atoms with van der Waals surface area (Å²) < 4.78 is 0. The number of aromatic hydroxyl groups is 2. The molecule has 8 nitrogen and oxygen atoms in total. The average molecular weight is 593 g/mol. The molecular formula is C32H20N2O6S2. The van der Waals surface area contributed by atoms with Crippen LogP contribution in [0.3, 0.4) is 0 Å². The van der Waals surface area contributed by atoms with Crippen molar-refractivity contribution in [2.75, 3.05) is 0 Å². The number of aromatic nitrogens is 2. The van der Waals surface area contributed by atoms with E-state index >= 15 is 0 Å². The van der Waals surface area contributed by atoms with Crippen LogP contribution in [0.15, 0.2) is 83.6 Å². The minimum absolute atomic E-state index is 0.0577. The first-order valence-corrected chi connectivity index (χ1v) is 14.3. The molecule has 0 bridgehead atoms. The lowest BCUT2D eigenvalue weighted by Gasteiger charge is -2.07. The second kappa shape index (κ2) is 10.9. The van der Waals surface area contributed by atoms with E-state index in [1.165, 1.54) is 47.0 Å². The third kappa shape index (κ3) is 5.00. The highest BCUT2D eigenvalue weighted by atomic mass is 32.1. The van der Waals surface area contributed by atoms with E-state index in [4.69, 9.17) is 0 Å². The summed E-state index contributed by atoms with van der Waals surface area (Å²) in [5, 5.41) is 48.1. The van der Waals surface area contributed by atoms with Crippen molar-refractivity contribution in [2.24, 2.45) is 0 Å². The molecule has 0 aliphatic carbocycles. The maximum absolute atomic E-state index is 12.3. The molecule has 0 amide bonds. The standard InChI is InChI=1S/C32H20N2O6S2/c35-27-11-9-17-5-1-3-7-19(17)21(27)13-23(31(37)38)25-15-41-29(33-25)30-34-26(16-42-30)24(32(39)40)14-22-20-8-4-2-6-18(20)10-12-28(22)36/h1-16,35-36H,(H,37,38)(H,39,40). The van der Waals surface area contributed by atoms with Gasteiger partial charge in [-0.3, -0.25) is 0 Å². The predicted octanol–water partition coefficient (Wildman–Crippen LogP) is 7.23. The molecule has 0 saturated heterocycles. The fourth-order valence-electron chi connectivity index (χ4n) is 4.64. The molecule has 10 heteroatoms. The largest absolute Gasteiger partial charge is 0.507 e. The smallest absolute Gasteiger partial charge is 0.337 e. The number of benzene rings is 4.